The average molecular weight is 274 g/mol. The number of hydrogen-bond acceptors (Lipinski definition) is 7. The fourth-order valence-electron chi connectivity index (χ4n) is 0. The van der Waals surface area contributed by atoms with Crippen LogP contribution < -0.4 is 21.0 Å². The van der Waals surface area contributed by atoms with Gasteiger partial charge in [0.05, 0.1) is 0 Å². The maximum absolute atomic E-state index is 8.69. The Morgan fingerprint density at radius 3 is 1.11 bits per heavy atom. The van der Waals surface area contributed by atoms with Crippen molar-refractivity contribution in [3.63, 3.8) is 0 Å². The minimum Gasteiger partial charge on any atom is -0.372 e. The fraction of sp³-hybridized carbons (Fsp3) is 0. The normalized spacial score (nSPS) is 10.7. The second-order valence-electron chi connectivity index (χ2n) is 0.597. The van der Waals surface area contributed by atoms with E-state index >= 15 is 0 Å². The molecule has 0 aliphatic carbocycles. The summed E-state index contributed by atoms with van der Waals surface area (Å²) in [5.41, 5.74) is 0. The van der Waals surface area contributed by atoms with Crippen molar-refractivity contribution in [3.05, 3.63) is 0 Å². The van der Waals surface area contributed by atoms with Gasteiger partial charge >= 0.3 is 14.8 Å². The molecule has 0 unspecified atom stereocenters. The lowest BCUT2D eigenvalue weighted by Gasteiger charge is -1.96. The topological polar surface area (TPSA) is 156 Å². The number of hydrogen-bond donors (Lipinski definition) is 2. The van der Waals surface area contributed by atoms with Crippen LogP contribution in [0.4, 0.5) is 0 Å². The first-order valence-corrected chi connectivity index (χ1v) is 5.77. The van der Waals surface area contributed by atoms with Crippen LogP contribution in [-0.2, 0) is 0 Å². The van der Waals surface area contributed by atoms with Crippen LogP contribution in [0.15, 0.2) is 0 Å². The molecular weight excluding hydrogens is 272 g/mol. The zero-order chi connectivity index (χ0) is 8.08. The molecule has 0 rings (SSSR count). The van der Waals surface area contributed by atoms with E-state index in [0.29, 0.717) is 0 Å². The van der Waals surface area contributed by atoms with Crippen LogP contribution in [0.3, 0.4) is 0 Å². The van der Waals surface area contributed by atoms with Gasteiger partial charge in [-0.25, -0.2) is 12.6 Å². The van der Waals surface area contributed by atoms with Crippen molar-refractivity contribution in [2.24, 2.45) is 0 Å². The predicted octanol–water partition coefficient (Wildman–Crippen LogP) is -7.06. The number of rotatable bonds is 0. The van der Waals surface area contributed by atoms with Gasteiger partial charge in [0.25, 0.3) is 14.1 Å². The van der Waals surface area contributed by atoms with Crippen LogP contribution in [0.5, 0.6) is 0 Å². The minimum atomic E-state index is -5.38. The molecule has 2 N–H and O–H groups in total. The summed E-state index contributed by atoms with van der Waals surface area (Å²) in [6, 6.07) is 0. The first-order valence-electron chi connectivity index (χ1n) is 1.11. The minimum absolute atomic E-state index is 3.40. The lowest BCUT2D eigenvalue weighted by molar-refractivity contribution is -1.92. The quantitative estimate of drug-likeness (QED) is 0.444. The summed E-state index contributed by atoms with van der Waals surface area (Å²) in [6.07, 6.45) is 0. The molecule has 9 heteroatoms. The second-order valence-corrected chi connectivity index (χ2v) is 3.10. The third-order valence-corrected chi connectivity index (χ3v) is 0. The average Bonchev–Trinajstić information content (AvgIpc) is 1.19. The Labute approximate surface area is 58.8 Å². The van der Waals surface area contributed by atoms with E-state index in [0.717, 1.165) is 0 Å². The van der Waals surface area contributed by atoms with E-state index < -0.39 is 28.9 Å². The predicted molar refractivity (Wildman–Crippen MR) is 4.44 cm³/mol. The zero-order valence-electron chi connectivity index (χ0n) is 3.69. The van der Waals surface area contributed by atoms with E-state index in [2.05, 4.69) is 0 Å². The van der Waals surface area contributed by atoms with Crippen molar-refractivity contribution in [2.75, 3.05) is 0 Å². The summed E-state index contributed by atoms with van der Waals surface area (Å²) < 4.78 is 57.4. The molecule has 0 saturated heterocycles. The van der Waals surface area contributed by atoms with E-state index in [1.807, 2.05) is 0 Å². The summed E-state index contributed by atoms with van der Waals surface area (Å²) in [5.74, 6) is 0. The molecule has 0 aliphatic heterocycles. The maximum atomic E-state index is 8.69. The molecule has 0 heterocycles. The third-order valence-electron chi connectivity index (χ3n) is 0. The van der Waals surface area contributed by atoms with Gasteiger partial charge in [0, 0.05) is 4.20 Å². The molecule has 0 aromatic carbocycles. The first kappa shape index (κ1) is 12.4. The molecule has 0 radical (unpaired) electrons. The summed E-state index contributed by atoms with van der Waals surface area (Å²) in [4.78, 5) is 0. The highest BCUT2D eigenvalue weighted by molar-refractivity contribution is 2.15. The van der Waals surface area contributed by atoms with E-state index in [-0.39, 0.29) is 0 Å². The van der Waals surface area contributed by atoms with E-state index in [4.69, 9.17) is 29.4 Å². The second kappa shape index (κ2) is 5.46. The largest absolute Gasteiger partial charge is 0.433 e. The summed E-state index contributed by atoms with van der Waals surface area (Å²) in [5, 5.41) is 0. The van der Waals surface area contributed by atoms with Crippen LogP contribution in [0.25, 0.3) is 0 Å². The molecule has 0 bridgehead atoms. The molecule has 0 amide bonds. The summed E-state index contributed by atoms with van der Waals surface area (Å²) >= 11 is -8.77. The highest BCUT2D eigenvalue weighted by Gasteiger charge is 2.07. The van der Waals surface area contributed by atoms with Gasteiger partial charge in [0.2, 0.25) is 0 Å². The smallest absolute Gasteiger partial charge is 0.372 e. The molecule has 9 heavy (non-hydrogen) atoms. The molecule has 58 valence electrons. The van der Waals surface area contributed by atoms with Crippen LogP contribution in [-0.4, -0.2) is 8.40 Å². The van der Waals surface area contributed by atoms with Crippen molar-refractivity contribution in [1.29, 1.82) is 0 Å². The van der Waals surface area contributed by atoms with Crippen molar-refractivity contribution in [3.8, 4) is 0 Å². The lowest BCUT2D eigenvalue weighted by atomic mass is 15.9. The third kappa shape index (κ3) is 838. The summed E-state index contributed by atoms with van der Waals surface area (Å²) in [7, 11) is 0. The Hall–Kier alpha value is 0.680. The van der Waals surface area contributed by atoms with Gasteiger partial charge in [-0.1, -0.05) is 0 Å². The van der Waals surface area contributed by atoms with E-state index in [1.165, 1.54) is 0 Å². The highest BCUT2D eigenvalue weighted by atomic mass is 80.0. The van der Waals surface area contributed by atoms with Crippen LogP contribution in [0.2, 0.25) is 0 Å². The van der Waals surface area contributed by atoms with Crippen molar-refractivity contribution >= 4 is 0 Å². The Bertz CT molecular complexity index is 43.7. The highest BCUT2D eigenvalue weighted by Crippen LogP contribution is 1.60. The van der Waals surface area contributed by atoms with Gasteiger partial charge in [-0.3, -0.25) is 0 Å². The lowest BCUT2D eigenvalue weighted by Crippen LogP contribution is -2.58. The zero-order valence-corrected chi connectivity index (χ0v) is 6.86. The van der Waals surface area contributed by atoms with Gasteiger partial charge in [-0.05, 0) is 4.20 Å². The van der Waals surface area contributed by atoms with Crippen LogP contribution in [0.1, 0.15) is 0 Å². The Kier molecular flexibility index (Phi) is 7.51. The van der Waals surface area contributed by atoms with Gasteiger partial charge in [0.1, 0.15) is 0 Å². The summed E-state index contributed by atoms with van der Waals surface area (Å²) in [6.45, 7) is 0. The molecular formula is H2Br2O7. The Morgan fingerprint density at radius 1 is 1.11 bits per heavy atom. The van der Waals surface area contributed by atoms with Crippen molar-refractivity contribution < 1.29 is 58.3 Å². The number of halogens is 2. The fourth-order valence-corrected chi connectivity index (χ4v) is 0. The molecule has 0 aliphatic rings. The molecule has 0 saturated carbocycles. The standard InChI is InChI=1S/BrHO4.BrHO3/c2-1(3,4)5;2-1(3)4/h2H;2H. The molecule has 0 aromatic rings. The monoisotopic (exact) mass is 272 g/mol. The van der Waals surface area contributed by atoms with E-state index in [1.54, 1.807) is 0 Å². The molecule has 7 nitrogen and oxygen atoms in total. The van der Waals surface area contributed by atoms with Gasteiger partial charge in [-0.15, -0.1) is 0 Å². The van der Waals surface area contributed by atoms with Crippen molar-refractivity contribution in [2.45, 2.75) is 0 Å². The SMILES string of the molecule is [O-][Br+2]([O-])O.[O-][Br+3]([O-])([O-])O. The molecule has 0 aromatic heterocycles. The Morgan fingerprint density at radius 2 is 1.11 bits per heavy atom. The first-order chi connectivity index (χ1) is 3.73. The van der Waals surface area contributed by atoms with Crippen LogP contribution in [0, 0.1) is 28.9 Å². The van der Waals surface area contributed by atoms with Gasteiger partial charge < -0.3 is 8.40 Å². The molecule has 0 fully saturated rings. The van der Waals surface area contributed by atoms with Gasteiger partial charge in [0.15, 0.2) is 0 Å². The van der Waals surface area contributed by atoms with Crippen LogP contribution >= 0.6 is 0 Å². The van der Waals surface area contributed by atoms with Gasteiger partial charge in [-0.2, -0.15) is 0 Å². The maximum Gasteiger partial charge on any atom is 0.433 e. The van der Waals surface area contributed by atoms with E-state index in [9.17, 15) is 0 Å². The molecule has 0 spiro atoms. The van der Waals surface area contributed by atoms with Crippen molar-refractivity contribution in [1.82, 2.24) is 0 Å². The molecule has 0 atom stereocenters. The Balaban J connectivity index is 0.